The topological polar surface area (TPSA) is 64.2 Å². The third kappa shape index (κ3) is 3.16. The quantitative estimate of drug-likeness (QED) is 0.822. The van der Waals surface area contributed by atoms with Gasteiger partial charge in [0.15, 0.2) is 0 Å². The molecule has 1 aliphatic carbocycles. The zero-order valence-electron chi connectivity index (χ0n) is 15.4. The normalized spacial score (nSPS) is 21.8. The SMILES string of the molecule is Cn1c(N2CCC3(CCC[C@H]3N)CC2)ncc(-c2cccc(Cl)c2Cl)c1=O. The third-order valence-corrected chi connectivity index (χ3v) is 7.22. The van der Waals surface area contributed by atoms with E-state index in [0.717, 1.165) is 32.4 Å². The van der Waals surface area contributed by atoms with E-state index in [1.54, 1.807) is 36.0 Å². The molecule has 1 aromatic carbocycles. The molecule has 144 valence electrons. The molecule has 1 aromatic heterocycles. The van der Waals surface area contributed by atoms with Gasteiger partial charge in [-0.3, -0.25) is 9.36 Å². The monoisotopic (exact) mass is 406 g/mol. The van der Waals surface area contributed by atoms with Crippen molar-refractivity contribution in [2.75, 3.05) is 18.0 Å². The molecule has 0 unspecified atom stereocenters. The van der Waals surface area contributed by atoms with E-state index in [1.807, 2.05) is 0 Å². The summed E-state index contributed by atoms with van der Waals surface area (Å²) in [6.07, 6.45) is 7.32. The van der Waals surface area contributed by atoms with Crippen LogP contribution in [0.3, 0.4) is 0 Å². The van der Waals surface area contributed by atoms with Crippen LogP contribution in [0.2, 0.25) is 10.0 Å². The molecule has 27 heavy (non-hydrogen) atoms. The zero-order chi connectivity index (χ0) is 19.2. The number of halogens is 2. The van der Waals surface area contributed by atoms with E-state index in [-0.39, 0.29) is 11.0 Å². The number of benzene rings is 1. The second-order valence-electron chi connectivity index (χ2n) is 7.79. The maximum Gasteiger partial charge on any atom is 0.262 e. The molecule has 2 aliphatic rings. The molecule has 0 amide bonds. The van der Waals surface area contributed by atoms with Crippen molar-refractivity contribution in [1.82, 2.24) is 9.55 Å². The smallest absolute Gasteiger partial charge is 0.262 e. The molecule has 1 spiro atoms. The second-order valence-corrected chi connectivity index (χ2v) is 8.57. The van der Waals surface area contributed by atoms with Gasteiger partial charge in [0.1, 0.15) is 0 Å². The molecule has 1 atom stereocenters. The lowest BCUT2D eigenvalue weighted by atomic mass is 9.74. The van der Waals surface area contributed by atoms with Crippen LogP contribution in [0.5, 0.6) is 0 Å². The molecule has 0 radical (unpaired) electrons. The van der Waals surface area contributed by atoms with Crippen LogP contribution in [0.25, 0.3) is 11.1 Å². The van der Waals surface area contributed by atoms with Crippen molar-refractivity contribution in [1.29, 1.82) is 0 Å². The molecule has 7 heteroatoms. The average Bonchev–Trinajstić information content (AvgIpc) is 3.01. The molecule has 1 saturated carbocycles. The van der Waals surface area contributed by atoms with Crippen molar-refractivity contribution in [3.05, 3.63) is 44.8 Å². The third-order valence-electron chi connectivity index (χ3n) is 6.40. The van der Waals surface area contributed by atoms with Gasteiger partial charge in [-0.25, -0.2) is 4.98 Å². The van der Waals surface area contributed by atoms with Crippen molar-refractivity contribution >= 4 is 29.2 Å². The first-order chi connectivity index (χ1) is 12.9. The van der Waals surface area contributed by atoms with Gasteiger partial charge in [-0.2, -0.15) is 0 Å². The Labute approximate surface area is 169 Å². The van der Waals surface area contributed by atoms with Gasteiger partial charge in [0.05, 0.1) is 15.6 Å². The summed E-state index contributed by atoms with van der Waals surface area (Å²) in [5.41, 5.74) is 7.61. The molecule has 5 nitrogen and oxygen atoms in total. The molecule has 2 aromatic rings. The number of aromatic nitrogens is 2. The molecular weight excluding hydrogens is 383 g/mol. The number of anilines is 1. The molecule has 2 heterocycles. The summed E-state index contributed by atoms with van der Waals surface area (Å²) in [6.45, 7) is 1.76. The van der Waals surface area contributed by atoms with E-state index in [9.17, 15) is 4.79 Å². The van der Waals surface area contributed by atoms with Crippen molar-refractivity contribution in [3.63, 3.8) is 0 Å². The fraction of sp³-hybridized carbons (Fsp3) is 0.500. The first-order valence-corrected chi connectivity index (χ1v) is 10.2. The maximum absolute atomic E-state index is 13.0. The lowest BCUT2D eigenvalue weighted by Gasteiger charge is -2.42. The maximum atomic E-state index is 13.0. The van der Waals surface area contributed by atoms with Crippen LogP contribution in [-0.2, 0) is 7.05 Å². The molecule has 4 rings (SSSR count). The van der Waals surface area contributed by atoms with Crippen LogP contribution in [0, 0.1) is 5.41 Å². The van der Waals surface area contributed by atoms with Crippen molar-refractivity contribution in [2.45, 2.75) is 38.1 Å². The first kappa shape index (κ1) is 18.8. The fourth-order valence-electron chi connectivity index (χ4n) is 4.66. The minimum atomic E-state index is -0.123. The van der Waals surface area contributed by atoms with E-state index < -0.39 is 0 Å². The summed E-state index contributed by atoms with van der Waals surface area (Å²) in [4.78, 5) is 19.8. The van der Waals surface area contributed by atoms with Gasteiger partial charge >= 0.3 is 0 Å². The Balaban J connectivity index is 1.62. The Hall–Kier alpha value is -1.56. The summed E-state index contributed by atoms with van der Waals surface area (Å²) < 4.78 is 1.61. The van der Waals surface area contributed by atoms with Gasteiger partial charge in [-0.05, 0) is 37.2 Å². The number of nitrogens with two attached hydrogens (primary N) is 1. The largest absolute Gasteiger partial charge is 0.342 e. The van der Waals surface area contributed by atoms with E-state index in [0.29, 0.717) is 33.2 Å². The Morgan fingerprint density at radius 3 is 2.59 bits per heavy atom. The lowest BCUT2D eigenvalue weighted by molar-refractivity contribution is 0.196. The number of hydrogen-bond acceptors (Lipinski definition) is 4. The highest BCUT2D eigenvalue weighted by Gasteiger charge is 2.43. The van der Waals surface area contributed by atoms with Crippen LogP contribution >= 0.6 is 23.2 Å². The number of hydrogen-bond donors (Lipinski definition) is 1. The fourth-order valence-corrected chi connectivity index (χ4v) is 5.07. The lowest BCUT2D eigenvalue weighted by Crippen LogP contribution is -2.48. The highest BCUT2D eigenvalue weighted by Crippen LogP contribution is 2.45. The summed E-state index contributed by atoms with van der Waals surface area (Å²) in [5, 5.41) is 0.801. The van der Waals surface area contributed by atoms with Gasteiger partial charge in [0.2, 0.25) is 5.95 Å². The molecule has 1 saturated heterocycles. The highest BCUT2D eigenvalue weighted by molar-refractivity contribution is 6.43. The standard InChI is InChI=1S/C20H24Cl2N4O/c1-25-18(27)14(13-4-2-5-15(21)17(13)22)12-24-19(25)26-10-8-20(9-11-26)7-3-6-16(20)23/h2,4-5,12,16H,3,6-11,23H2,1H3/t16-/m1/s1. The van der Waals surface area contributed by atoms with E-state index >= 15 is 0 Å². The van der Waals surface area contributed by atoms with Crippen molar-refractivity contribution in [3.8, 4) is 11.1 Å². The minimum Gasteiger partial charge on any atom is -0.342 e. The molecular formula is C20H24Cl2N4O. The van der Waals surface area contributed by atoms with Gasteiger partial charge in [-0.15, -0.1) is 0 Å². The summed E-state index contributed by atoms with van der Waals surface area (Å²) in [7, 11) is 1.76. The van der Waals surface area contributed by atoms with E-state index in [1.165, 1.54) is 12.8 Å². The van der Waals surface area contributed by atoms with Gasteiger partial charge in [0, 0.05) is 37.9 Å². The molecule has 2 N–H and O–H groups in total. The Morgan fingerprint density at radius 2 is 1.93 bits per heavy atom. The number of nitrogens with zero attached hydrogens (tertiary/aromatic N) is 3. The minimum absolute atomic E-state index is 0.123. The van der Waals surface area contributed by atoms with Crippen LogP contribution in [0.1, 0.15) is 32.1 Å². The Morgan fingerprint density at radius 1 is 1.19 bits per heavy atom. The average molecular weight is 407 g/mol. The predicted octanol–water partition coefficient (Wildman–Crippen LogP) is 3.85. The summed E-state index contributed by atoms with van der Waals surface area (Å²) >= 11 is 12.4. The van der Waals surface area contributed by atoms with Crippen LogP contribution in [-0.4, -0.2) is 28.7 Å². The van der Waals surface area contributed by atoms with E-state index in [2.05, 4.69) is 9.88 Å². The first-order valence-electron chi connectivity index (χ1n) is 9.44. The van der Waals surface area contributed by atoms with Crippen LogP contribution < -0.4 is 16.2 Å². The molecule has 0 bridgehead atoms. The van der Waals surface area contributed by atoms with Crippen LogP contribution in [0.4, 0.5) is 5.95 Å². The zero-order valence-corrected chi connectivity index (χ0v) is 16.9. The predicted molar refractivity (Wildman–Crippen MR) is 111 cm³/mol. The van der Waals surface area contributed by atoms with Gasteiger partial charge in [-0.1, -0.05) is 41.8 Å². The van der Waals surface area contributed by atoms with Crippen molar-refractivity contribution < 1.29 is 0 Å². The second kappa shape index (κ2) is 7.12. The highest BCUT2D eigenvalue weighted by atomic mass is 35.5. The van der Waals surface area contributed by atoms with Gasteiger partial charge in [0.25, 0.3) is 5.56 Å². The van der Waals surface area contributed by atoms with E-state index in [4.69, 9.17) is 28.9 Å². The molecule has 2 fully saturated rings. The van der Waals surface area contributed by atoms with Crippen molar-refractivity contribution in [2.24, 2.45) is 18.2 Å². The summed E-state index contributed by atoms with van der Waals surface area (Å²) in [5.74, 6) is 0.698. The number of rotatable bonds is 2. The number of piperidine rings is 1. The Bertz CT molecular complexity index is 919. The van der Waals surface area contributed by atoms with Gasteiger partial charge < -0.3 is 10.6 Å². The Kier molecular flexibility index (Phi) is 4.95. The van der Waals surface area contributed by atoms with Crippen LogP contribution in [0.15, 0.2) is 29.2 Å². The molecule has 1 aliphatic heterocycles. The summed E-state index contributed by atoms with van der Waals surface area (Å²) in [6, 6.07) is 5.59.